The van der Waals surface area contributed by atoms with Gasteiger partial charge in [0, 0.05) is 12.4 Å². The standard InChI is InChI=1S/C5H8ClNO3/c6-1-2-7-4(8)3-10-5(7)9/h4,8H,1-3H2. The van der Waals surface area contributed by atoms with Crippen LogP contribution in [0, 0.1) is 0 Å². The number of cyclic esters (lactones) is 1. The molecule has 1 unspecified atom stereocenters. The first-order valence-electron chi connectivity index (χ1n) is 2.93. The van der Waals surface area contributed by atoms with Gasteiger partial charge in [-0.25, -0.2) is 4.79 Å². The smallest absolute Gasteiger partial charge is 0.412 e. The van der Waals surface area contributed by atoms with Crippen LogP contribution in [0.4, 0.5) is 4.79 Å². The average Bonchev–Trinajstić information content (AvgIpc) is 2.20. The van der Waals surface area contributed by atoms with Crippen LogP contribution in [0.15, 0.2) is 0 Å². The summed E-state index contributed by atoms with van der Waals surface area (Å²) in [6.45, 7) is 0.386. The lowest BCUT2D eigenvalue weighted by Crippen LogP contribution is -2.34. The molecule has 1 amide bonds. The fraction of sp³-hybridized carbons (Fsp3) is 0.800. The summed E-state index contributed by atoms with van der Waals surface area (Å²) in [4.78, 5) is 11.8. The van der Waals surface area contributed by atoms with E-state index in [-0.39, 0.29) is 6.61 Å². The van der Waals surface area contributed by atoms with Crippen LogP contribution < -0.4 is 0 Å². The number of aliphatic hydroxyl groups is 1. The van der Waals surface area contributed by atoms with Crippen molar-refractivity contribution in [1.82, 2.24) is 4.90 Å². The molecule has 0 saturated carbocycles. The summed E-state index contributed by atoms with van der Waals surface area (Å²) in [5.74, 6) is 0.312. The van der Waals surface area contributed by atoms with Gasteiger partial charge in [-0.05, 0) is 0 Å². The monoisotopic (exact) mass is 165 g/mol. The number of nitrogens with zero attached hydrogens (tertiary/aromatic N) is 1. The lowest BCUT2D eigenvalue weighted by atomic mass is 10.5. The quantitative estimate of drug-likeness (QED) is 0.586. The van der Waals surface area contributed by atoms with Gasteiger partial charge in [0.2, 0.25) is 0 Å². The molecule has 0 aliphatic carbocycles. The predicted molar refractivity (Wildman–Crippen MR) is 34.8 cm³/mol. The molecule has 58 valence electrons. The maximum Gasteiger partial charge on any atom is 0.412 e. The largest absolute Gasteiger partial charge is 0.445 e. The number of carbonyl (C=O) groups is 1. The second-order valence-electron chi connectivity index (χ2n) is 1.94. The van der Waals surface area contributed by atoms with Gasteiger partial charge >= 0.3 is 6.09 Å². The topological polar surface area (TPSA) is 49.8 Å². The minimum atomic E-state index is -0.814. The van der Waals surface area contributed by atoms with E-state index in [0.717, 1.165) is 0 Å². The van der Waals surface area contributed by atoms with E-state index in [1.165, 1.54) is 4.90 Å². The molecule has 1 heterocycles. The van der Waals surface area contributed by atoms with Crippen LogP contribution in [0.25, 0.3) is 0 Å². The molecule has 0 spiro atoms. The maximum atomic E-state index is 10.7. The van der Waals surface area contributed by atoms with E-state index in [1.54, 1.807) is 0 Å². The Labute approximate surface area is 63.3 Å². The molecule has 0 aromatic heterocycles. The molecule has 1 aliphatic heterocycles. The zero-order chi connectivity index (χ0) is 7.56. The predicted octanol–water partition coefficient (Wildman–Crippen LogP) is -0.00420. The number of amides is 1. The fourth-order valence-corrected chi connectivity index (χ4v) is 0.954. The van der Waals surface area contributed by atoms with Crippen LogP contribution in [0.1, 0.15) is 0 Å². The molecular formula is C5H8ClNO3. The van der Waals surface area contributed by atoms with Crippen molar-refractivity contribution in [3.05, 3.63) is 0 Å². The lowest BCUT2D eigenvalue weighted by molar-refractivity contribution is 0.0630. The fourth-order valence-electron chi connectivity index (χ4n) is 0.772. The van der Waals surface area contributed by atoms with Crippen molar-refractivity contribution >= 4 is 17.7 Å². The molecule has 5 heteroatoms. The van der Waals surface area contributed by atoms with E-state index in [2.05, 4.69) is 4.74 Å². The summed E-state index contributed by atoms with van der Waals surface area (Å²) in [6, 6.07) is 0. The van der Waals surface area contributed by atoms with Gasteiger partial charge < -0.3 is 9.84 Å². The van der Waals surface area contributed by atoms with Crippen LogP contribution in [0.3, 0.4) is 0 Å². The average molecular weight is 166 g/mol. The normalized spacial score (nSPS) is 25.2. The molecule has 0 bridgehead atoms. The number of carbonyl (C=O) groups excluding carboxylic acids is 1. The van der Waals surface area contributed by atoms with E-state index in [0.29, 0.717) is 12.4 Å². The van der Waals surface area contributed by atoms with Crippen molar-refractivity contribution in [2.24, 2.45) is 0 Å². The van der Waals surface area contributed by atoms with Crippen molar-refractivity contribution in [3.8, 4) is 0 Å². The Morgan fingerprint density at radius 2 is 2.60 bits per heavy atom. The molecule has 1 rings (SSSR count). The van der Waals surface area contributed by atoms with E-state index in [4.69, 9.17) is 16.7 Å². The third-order valence-corrected chi connectivity index (χ3v) is 1.44. The molecule has 1 aliphatic rings. The van der Waals surface area contributed by atoms with E-state index in [1.807, 2.05) is 0 Å². The highest BCUT2D eigenvalue weighted by atomic mass is 35.5. The minimum absolute atomic E-state index is 0.0513. The van der Waals surface area contributed by atoms with Gasteiger partial charge in [0.1, 0.15) is 6.61 Å². The molecule has 1 atom stereocenters. The molecule has 10 heavy (non-hydrogen) atoms. The number of alkyl halides is 1. The van der Waals surface area contributed by atoms with Gasteiger partial charge in [-0.15, -0.1) is 11.6 Å². The van der Waals surface area contributed by atoms with E-state index >= 15 is 0 Å². The molecule has 1 N–H and O–H groups in total. The molecular weight excluding hydrogens is 158 g/mol. The Morgan fingerprint density at radius 3 is 3.00 bits per heavy atom. The van der Waals surface area contributed by atoms with Crippen molar-refractivity contribution in [1.29, 1.82) is 0 Å². The number of hydrogen-bond acceptors (Lipinski definition) is 3. The van der Waals surface area contributed by atoms with Crippen LogP contribution in [-0.2, 0) is 4.74 Å². The minimum Gasteiger partial charge on any atom is -0.445 e. The first kappa shape index (κ1) is 7.63. The summed E-state index contributed by atoms with van der Waals surface area (Å²) < 4.78 is 4.51. The first-order valence-corrected chi connectivity index (χ1v) is 3.46. The van der Waals surface area contributed by atoms with E-state index in [9.17, 15) is 4.79 Å². The Balaban J connectivity index is 2.46. The van der Waals surface area contributed by atoms with Crippen LogP contribution >= 0.6 is 11.6 Å². The Morgan fingerprint density at radius 1 is 1.90 bits per heavy atom. The highest BCUT2D eigenvalue weighted by Gasteiger charge is 2.30. The van der Waals surface area contributed by atoms with Crippen molar-refractivity contribution in [2.75, 3.05) is 19.0 Å². The summed E-state index contributed by atoms with van der Waals surface area (Å²) in [5.41, 5.74) is 0. The summed E-state index contributed by atoms with van der Waals surface area (Å²) in [7, 11) is 0. The highest BCUT2D eigenvalue weighted by molar-refractivity contribution is 6.18. The van der Waals surface area contributed by atoms with Crippen molar-refractivity contribution in [2.45, 2.75) is 6.23 Å². The summed E-state index contributed by atoms with van der Waals surface area (Å²) in [6.07, 6.45) is -1.31. The Kier molecular flexibility index (Phi) is 2.34. The third-order valence-electron chi connectivity index (χ3n) is 1.28. The molecule has 4 nitrogen and oxygen atoms in total. The van der Waals surface area contributed by atoms with Gasteiger partial charge in [0.05, 0.1) is 0 Å². The van der Waals surface area contributed by atoms with Crippen molar-refractivity contribution < 1.29 is 14.6 Å². The first-order chi connectivity index (χ1) is 4.75. The lowest BCUT2D eigenvalue weighted by Gasteiger charge is -2.13. The number of halogens is 1. The van der Waals surface area contributed by atoms with Crippen molar-refractivity contribution in [3.63, 3.8) is 0 Å². The number of aliphatic hydroxyl groups excluding tert-OH is 1. The van der Waals surface area contributed by atoms with Gasteiger partial charge in [-0.3, -0.25) is 4.90 Å². The highest BCUT2D eigenvalue weighted by Crippen LogP contribution is 2.08. The second-order valence-corrected chi connectivity index (χ2v) is 2.32. The number of rotatable bonds is 2. The second kappa shape index (κ2) is 3.07. The summed E-state index contributed by atoms with van der Waals surface area (Å²) in [5, 5.41) is 9.01. The molecule has 0 aromatic carbocycles. The number of ether oxygens (including phenoxy) is 1. The van der Waals surface area contributed by atoms with Gasteiger partial charge in [-0.1, -0.05) is 0 Å². The number of hydrogen-bond donors (Lipinski definition) is 1. The van der Waals surface area contributed by atoms with Gasteiger partial charge in [-0.2, -0.15) is 0 Å². The molecule has 1 saturated heterocycles. The van der Waals surface area contributed by atoms with E-state index < -0.39 is 12.3 Å². The van der Waals surface area contributed by atoms with Crippen LogP contribution in [-0.4, -0.2) is 41.4 Å². The zero-order valence-corrected chi connectivity index (χ0v) is 6.04. The van der Waals surface area contributed by atoms with Crippen LogP contribution in [0.5, 0.6) is 0 Å². The molecule has 1 fully saturated rings. The van der Waals surface area contributed by atoms with Gasteiger partial charge in [0.25, 0.3) is 0 Å². The van der Waals surface area contributed by atoms with Gasteiger partial charge in [0.15, 0.2) is 6.23 Å². The molecule has 0 radical (unpaired) electrons. The SMILES string of the molecule is O=C1OCC(O)N1CCCl. The summed E-state index contributed by atoms with van der Waals surface area (Å²) >= 11 is 5.35. The Hall–Kier alpha value is -0.480. The zero-order valence-electron chi connectivity index (χ0n) is 5.29. The third kappa shape index (κ3) is 1.33. The molecule has 0 aromatic rings. The van der Waals surface area contributed by atoms with Crippen LogP contribution in [0.2, 0.25) is 0 Å². The maximum absolute atomic E-state index is 10.7. The Bertz CT molecular complexity index is 141.